The maximum absolute atomic E-state index is 12.2. The van der Waals surface area contributed by atoms with Crippen molar-refractivity contribution in [2.24, 2.45) is 0 Å². The monoisotopic (exact) mass is 279 g/mol. The molecule has 0 aromatic heterocycles. The summed E-state index contributed by atoms with van der Waals surface area (Å²) in [5, 5.41) is 0. The van der Waals surface area contributed by atoms with Crippen molar-refractivity contribution in [1.29, 1.82) is 0 Å². The van der Waals surface area contributed by atoms with Gasteiger partial charge in [-0.1, -0.05) is 67.2 Å². The normalized spacial score (nSPS) is 17.2. The van der Waals surface area contributed by atoms with Gasteiger partial charge in [0.25, 0.3) is 0 Å². The van der Waals surface area contributed by atoms with E-state index in [1.165, 1.54) is 0 Å². The summed E-state index contributed by atoms with van der Waals surface area (Å²) in [6.45, 7) is 4.20. The summed E-state index contributed by atoms with van der Waals surface area (Å²) in [5.41, 5.74) is 2.90. The Bertz CT molecular complexity index is 637. The number of carbonyl (C=O) groups excluding carboxylic acids is 1. The lowest BCUT2D eigenvalue weighted by molar-refractivity contribution is 0.0702. The SMILES string of the molecule is C=C1CC(c2ccccc2)N1C(=O)OCc1ccccc1. The number of hydrogen-bond donors (Lipinski definition) is 0. The number of carbonyl (C=O) groups is 1. The summed E-state index contributed by atoms with van der Waals surface area (Å²) in [5.74, 6) is 0. The first-order valence-corrected chi connectivity index (χ1v) is 6.98. The van der Waals surface area contributed by atoms with Crippen LogP contribution in [0.4, 0.5) is 4.79 Å². The Morgan fingerprint density at radius 1 is 1.10 bits per heavy atom. The molecule has 3 rings (SSSR count). The average Bonchev–Trinajstić information content (AvgIpc) is 2.52. The van der Waals surface area contributed by atoms with Gasteiger partial charge in [0.15, 0.2) is 0 Å². The number of hydrogen-bond acceptors (Lipinski definition) is 2. The van der Waals surface area contributed by atoms with Gasteiger partial charge in [0, 0.05) is 12.1 Å². The van der Waals surface area contributed by atoms with E-state index in [-0.39, 0.29) is 18.7 Å². The van der Waals surface area contributed by atoms with E-state index in [9.17, 15) is 4.79 Å². The quantitative estimate of drug-likeness (QED) is 0.839. The van der Waals surface area contributed by atoms with E-state index in [2.05, 4.69) is 6.58 Å². The average molecular weight is 279 g/mol. The third kappa shape index (κ3) is 2.82. The summed E-state index contributed by atoms with van der Waals surface area (Å²) >= 11 is 0. The molecule has 3 heteroatoms. The van der Waals surface area contributed by atoms with Crippen molar-refractivity contribution in [2.75, 3.05) is 0 Å². The standard InChI is InChI=1S/C18H17NO2/c1-14-12-17(16-10-6-3-7-11-16)19(14)18(20)21-13-15-8-4-2-5-9-15/h2-11,17H,1,12-13H2. The molecule has 1 unspecified atom stereocenters. The highest BCUT2D eigenvalue weighted by molar-refractivity contribution is 5.72. The molecule has 1 atom stereocenters. The fourth-order valence-corrected chi connectivity index (χ4v) is 2.51. The van der Waals surface area contributed by atoms with E-state index in [1.807, 2.05) is 60.7 Å². The van der Waals surface area contributed by atoms with Crippen LogP contribution in [0.15, 0.2) is 72.9 Å². The van der Waals surface area contributed by atoms with Crippen molar-refractivity contribution in [3.63, 3.8) is 0 Å². The van der Waals surface area contributed by atoms with E-state index < -0.39 is 0 Å². The molecule has 0 bridgehead atoms. The Hall–Kier alpha value is -2.55. The van der Waals surface area contributed by atoms with Gasteiger partial charge in [-0.05, 0) is 11.1 Å². The Labute approximate surface area is 124 Å². The molecule has 1 heterocycles. The molecule has 3 nitrogen and oxygen atoms in total. The van der Waals surface area contributed by atoms with Crippen molar-refractivity contribution in [3.8, 4) is 0 Å². The first-order chi connectivity index (χ1) is 10.3. The van der Waals surface area contributed by atoms with Crippen LogP contribution in [0, 0.1) is 0 Å². The van der Waals surface area contributed by atoms with Crippen LogP contribution in [0.3, 0.4) is 0 Å². The van der Waals surface area contributed by atoms with Crippen LogP contribution < -0.4 is 0 Å². The lowest BCUT2D eigenvalue weighted by atomic mass is 9.93. The first-order valence-electron chi connectivity index (χ1n) is 6.98. The van der Waals surface area contributed by atoms with Gasteiger partial charge < -0.3 is 4.74 Å². The van der Waals surface area contributed by atoms with Crippen molar-refractivity contribution in [1.82, 2.24) is 4.90 Å². The maximum Gasteiger partial charge on any atom is 0.414 e. The van der Waals surface area contributed by atoms with Crippen molar-refractivity contribution < 1.29 is 9.53 Å². The highest BCUT2D eigenvalue weighted by Gasteiger charge is 2.38. The minimum Gasteiger partial charge on any atom is -0.444 e. The number of likely N-dealkylation sites (tertiary alicyclic amines) is 1. The second-order valence-electron chi connectivity index (χ2n) is 5.11. The number of benzene rings is 2. The van der Waals surface area contributed by atoms with Crippen LogP contribution in [0.2, 0.25) is 0 Å². The van der Waals surface area contributed by atoms with Crippen LogP contribution in [-0.2, 0) is 11.3 Å². The summed E-state index contributed by atoms with van der Waals surface area (Å²) in [6, 6.07) is 19.7. The molecule has 1 fully saturated rings. The zero-order valence-corrected chi connectivity index (χ0v) is 11.7. The van der Waals surface area contributed by atoms with Crippen LogP contribution in [0.5, 0.6) is 0 Å². The van der Waals surface area contributed by atoms with Crippen LogP contribution >= 0.6 is 0 Å². The summed E-state index contributed by atoms with van der Waals surface area (Å²) < 4.78 is 5.38. The molecular weight excluding hydrogens is 262 g/mol. The minimum absolute atomic E-state index is 0.0435. The van der Waals surface area contributed by atoms with Crippen LogP contribution in [0.25, 0.3) is 0 Å². The molecule has 0 saturated carbocycles. The zero-order chi connectivity index (χ0) is 14.7. The number of amides is 1. The van der Waals surface area contributed by atoms with Gasteiger partial charge in [0.05, 0.1) is 6.04 Å². The largest absolute Gasteiger partial charge is 0.444 e. The molecule has 0 spiro atoms. The lowest BCUT2D eigenvalue weighted by Crippen LogP contribution is -2.42. The van der Waals surface area contributed by atoms with E-state index in [0.717, 1.165) is 23.2 Å². The topological polar surface area (TPSA) is 29.5 Å². The Morgan fingerprint density at radius 2 is 1.71 bits per heavy atom. The Morgan fingerprint density at radius 3 is 2.33 bits per heavy atom. The van der Waals surface area contributed by atoms with Crippen LogP contribution in [-0.4, -0.2) is 11.0 Å². The number of nitrogens with zero attached hydrogens (tertiary/aromatic N) is 1. The molecule has 2 aromatic rings. The number of rotatable bonds is 3. The first kappa shape index (κ1) is 13.4. The highest BCUT2D eigenvalue weighted by Crippen LogP contribution is 2.40. The van der Waals surface area contributed by atoms with Crippen LogP contribution in [0.1, 0.15) is 23.6 Å². The van der Waals surface area contributed by atoms with E-state index in [0.29, 0.717) is 0 Å². The van der Waals surface area contributed by atoms with Crippen molar-refractivity contribution in [2.45, 2.75) is 19.1 Å². The van der Waals surface area contributed by atoms with E-state index in [1.54, 1.807) is 4.90 Å². The van der Waals surface area contributed by atoms with E-state index >= 15 is 0 Å². The van der Waals surface area contributed by atoms with Crippen molar-refractivity contribution in [3.05, 3.63) is 84.1 Å². The molecule has 21 heavy (non-hydrogen) atoms. The molecule has 2 aromatic carbocycles. The molecule has 106 valence electrons. The van der Waals surface area contributed by atoms with Gasteiger partial charge in [-0.15, -0.1) is 0 Å². The van der Waals surface area contributed by atoms with Gasteiger partial charge >= 0.3 is 6.09 Å². The molecule has 1 amide bonds. The summed E-state index contributed by atoms with van der Waals surface area (Å²) in [4.78, 5) is 13.9. The predicted octanol–water partition coefficient (Wildman–Crippen LogP) is 4.28. The Balaban J connectivity index is 1.65. The van der Waals surface area contributed by atoms with Gasteiger partial charge in [-0.2, -0.15) is 0 Å². The van der Waals surface area contributed by atoms with Gasteiger partial charge in [-0.25, -0.2) is 4.79 Å². The second-order valence-corrected chi connectivity index (χ2v) is 5.11. The summed E-state index contributed by atoms with van der Waals surface area (Å²) in [6.07, 6.45) is 0.466. The minimum atomic E-state index is -0.330. The van der Waals surface area contributed by atoms with Gasteiger partial charge in [0.2, 0.25) is 0 Å². The molecule has 1 aliphatic rings. The van der Waals surface area contributed by atoms with E-state index in [4.69, 9.17) is 4.74 Å². The lowest BCUT2D eigenvalue weighted by Gasteiger charge is -2.42. The third-order valence-electron chi connectivity index (χ3n) is 3.67. The van der Waals surface area contributed by atoms with Gasteiger partial charge in [-0.3, -0.25) is 4.90 Å². The Kier molecular flexibility index (Phi) is 3.73. The molecular formula is C18H17NO2. The molecule has 1 aliphatic heterocycles. The van der Waals surface area contributed by atoms with Gasteiger partial charge in [0.1, 0.15) is 6.61 Å². The molecule has 0 radical (unpaired) electrons. The fourth-order valence-electron chi connectivity index (χ4n) is 2.51. The van der Waals surface area contributed by atoms with Crippen molar-refractivity contribution >= 4 is 6.09 Å². The predicted molar refractivity (Wildman–Crippen MR) is 81.4 cm³/mol. The zero-order valence-electron chi connectivity index (χ0n) is 11.7. The third-order valence-corrected chi connectivity index (χ3v) is 3.67. The maximum atomic E-state index is 12.2. The smallest absolute Gasteiger partial charge is 0.414 e. The summed E-state index contributed by atoms with van der Waals surface area (Å²) in [7, 11) is 0. The second kappa shape index (κ2) is 5.83. The molecule has 0 N–H and O–H groups in total. The highest BCUT2D eigenvalue weighted by atomic mass is 16.6. The number of ether oxygens (including phenoxy) is 1. The molecule has 0 aliphatic carbocycles. The fraction of sp³-hybridized carbons (Fsp3) is 0.167. The molecule has 1 saturated heterocycles.